The van der Waals surface area contributed by atoms with Crippen molar-refractivity contribution in [3.63, 3.8) is 0 Å². The van der Waals surface area contributed by atoms with Gasteiger partial charge in [-0.15, -0.1) is 0 Å². The zero-order valence-corrected chi connectivity index (χ0v) is 12.8. The Labute approximate surface area is 126 Å². The SMILES string of the molecule is CCc1ccccc1OCC(=O)Nc1ccc(C)cc1C. The van der Waals surface area contributed by atoms with Crippen LogP contribution in [0.3, 0.4) is 0 Å². The molecule has 0 fully saturated rings. The zero-order valence-electron chi connectivity index (χ0n) is 12.8. The third-order valence-electron chi connectivity index (χ3n) is 3.37. The molecular weight excluding hydrogens is 262 g/mol. The maximum Gasteiger partial charge on any atom is 0.262 e. The Hall–Kier alpha value is -2.29. The standard InChI is InChI=1S/C18H21NO2/c1-4-15-7-5-6-8-17(15)21-12-18(20)19-16-10-9-13(2)11-14(16)3/h5-11H,4,12H2,1-3H3,(H,19,20). The van der Waals surface area contributed by atoms with Crippen molar-refractivity contribution in [3.05, 3.63) is 59.2 Å². The van der Waals surface area contributed by atoms with Crippen LogP contribution in [0.15, 0.2) is 42.5 Å². The molecule has 0 aromatic heterocycles. The molecule has 0 radical (unpaired) electrons. The maximum atomic E-state index is 12.0. The van der Waals surface area contributed by atoms with Gasteiger partial charge in [-0.3, -0.25) is 4.79 Å². The van der Waals surface area contributed by atoms with E-state index in [-0.39, 0.29) is 12.5 Å². The number of anilines is 1. The molecule has 0 spiro atoms. The highest BCUT2D eigenvalue weighted by Gasteiger charge is 2.07. The van der Waals surface area contributed by atoms with Crippen molar-refractivity contribution in [2.45, 2.75) is 27.2 Å². The molecule has 0 aliphatic rings. The Morgan fingerprint density at radius 3 is 2.62 bits per heavy atom. The third kappa shape index (κ3) is 4.09. The van der Waals surface area contributed by atoms with Gasteiger partial charge in [0, 0.05) is 5.69 Å². The minimum Gasteiger partial charge on any atom is -0.483 e. The summed E-state index contributed by atoms with van der Waals surface area (Å²) >= 11 is 0. The summed E-state index contributed by atoms with van der Waals surface area (Å²) in [6.07, 6.45) is 0.884. The smallest absolute Gasteiger partial charge is 0.262 e. The first kappa shape index (κ1) is 15.1. The van der Waals surface area contributed by atoms with E-state index in [1.807, 2.05) is 56.3 Å². The van der Waals surface area contributed by atoms with Crippen LogP contribution in [0.2, 0.25) is 0 Å². The Morgan fingerprint density at radius 2 is 1.90 bits per heavy atom. The Kier molecular flexibility index (Phi) is 4.99. The number of hydrogen-bond acceptors (Lipinski definition) is 2. The molecule has 0 atom stereocenters. The normalized spacial score (nSPS) is 10.2. The monoisotopic (exact) mass is 283 g/mol. The molecule has 1 amide bonds. The van der Waals surface area contributed by atoms with Gasteiger partial charge in [0.25, 0.3) is 5.91 Å². The van der Waals surface area contributed by atoms with Crippen molar-refractivity contribution in [1.82, 2.24) is 0 Å². The molecule has 0 aliphatic heterocycles. The number of amides is 1. The Morgan fingerprint density at radius 1 is 1.14 bits per heavy atom. The minimum atomic E-state index is -0.146. The minimum absolute atomic E-state index is 0.0182. The number of para-hydroxylation sites is 1. The quantitative estimate of drug-likeness (QED) is 0.904. The summed E-state index contributed by atoms with van der Waals surface area (Å²) in [7, 11) is 0. The lowest BCUT2D eigenvalue weighted by Crippen LogP contribution is -2.21. The highest BCUT2D eigenvalue weighted by Crippen LogP contribution is 2.19. The first-order valence-electron chi connectivity index (χ1n) is 7.18. The average molecular weight is 283 g/mol. The highest BCUT2D eigenvalue weighted by molar-refractivity contribution is 5.92. The summed E-state index contributed by atoms with van der Waals surface area (Å²) in [6, 6.07) is 13.7. The molecule has 0 saturated carbocycles. The lowest BCUT2D eigenvalue weighted by atomic mass is 10.1. The number of carbonyl (C=O) groups is 1. The summed E-state index contributed by atoms with van der Waals surface area (Å²) in [4.78, 5) is 12.0. The maximum absolute atomic E-state index is 12.0. The first-order chi connectivity index (χ1) is 10.1. The van der Waals surface area contributed by atoms with E-state index in [1.165, 1.54) is 5.56 Å². The largest absolute Gasteiger partial charge is 0.483 e. The highest BCUT2D eigenvalue weighted by atomic mass is 16.5. The Bertz CT molecular complexity index is 635. The molecule has 0 unspecified atom stereocenters. The molecule has 21 heavy (non-hydrogen) atoms. The van der Waals surface area contributed by atoms with Crippen LogP contribution < -0.4 is 10.1 Å². The number of aryl methyl sites for hydroxylation is 3. The molecule has 0 bridgehead atoms. The molecule has 110 valence electrons. The van der Waals surface area contributed by atoms with Gasteiger partial charge in [0.15, 0.2) is 6.61 Å². The first-order valence-corrected chi connectivity index (χ1v) is 7.18. The van der Waals surface area contributed by atoms with Gasteiger partial charge in [-0.05, 0) is 43.5 Å². The molecule has 3 nitrogen and oxygen atoms in total. The fraction of sp³-hybridized carbons (Fsp3) is 0.278. The lowest BCUT2D eigenvalue weighted by Gasteiger charge is -2.12. The van der Waals surface area contributed by atoms with E-state index >= 15 is 0 Å². The van der Waals surface area contributed by atoms with E-state index in [0.717, 1.165) is 29.0 Å². The van der Waals surface area contributed by atoms with Gasteiger partial charge in [-0.25, -0.2) is 0 Å². The van der Waals surface area contributed by atoms with Gasteiger partial charge in [0.1, 0.15) is 5.75 Å². The van der Waals surface area contributed by atoms with Gasteiger partial charge in [-0.2, -0.15) is 0 Å². The zero-order chi connectivity index (χ0) is 15.2. The number of benzene rings is 2. The van der Waals surface area contributed by atoms with Crippen LogP contribution in [-0.4, -0.2) is 12.5 Å². The summed E-state index contributed by atoms with van der Waals surface area (Å²) in [6.45, 7) is 6.10. The van der Waals surface area contributed by atoms with Crippen molar-refractivity contribution >= 4 is 11.6 Å². The van der Waals surface area contributed by atoms with Crippen LogP contribution in [0.1, 0.15) is 23.6 Å². The van der Waals surface area contributed by atoms with E-state index in [0.29, 0.717) is 0 Å². The fourth-order valence-electron chi connectivity index (χ4n) is 2.22. The molecule has 1 N–H and O–H groups in total. The molecule has 3 heteroatoms. The summed E-state index contributed by atoms with van der Waals surface area (Å²) in [5, 5.41) is 2.88. The number of hydrogen-bond donors (Lipinski definition) is 1. The van der Waals surface area contributed by atoms with E-state index < -0.39 is 0 Å². The molecule has 2 aromatic rings. The van der Waals surface area contributed by atoms with Crippen LogP contribution in [0.25, 0.3) is 0 Å². The number of carbonyl (C=O) groups excluding carboxylic acids is 1. The van der Waals surface area contributed by atoms with Gasteiger partial charge in [-0.1, -0.05) is 42.8 Å². The van der Waals surface area contributed by atoms with E-state index in [2.05, 4.69) is 12.2 Å². The molecule has 2 rings (SSSR count). The predicted octanol–water partition coefficient (Wildman–Crippen LogP) is 3.88. The van der Waals surface area contributed by atoms with E-state index in [9.17, 15) is 4.79 Å². The molecular formula is C18H21NO2. The van der Waals surface area contributed by atoms with Crippen molar-refractivity contribution < 1.29 is 9.53 Å². The van der Waals surface area contributed by atoms with Gasteiger partial charge in [0.2, 0.25) is 0 Å². The molecule has 2 aromatic carbocycles. The lowest BCUT2D eigenvalue weighted by molar-refractivity contribution is -0.118. The van der Waals surface area contributed by atoms with Crippen molar-refractivity contribution in [2.75, 3.05) is 11.9 Å². The van der Waals surface area contributed by atoms with Crippen LogP contribution in [-0.2, 0) is 11.2 Å². The summed E-state index contributed by atoms with van der Waals surface area (Å²) < 4.78 is 5.61. The van der Waals surface area contributed by atoms with Crippen LogP contribution in [0.5, 0.6) is 5.75 Å². The van der Waals surface area contributed by atoms with Crippen LogP contribution in [0.4, 0.5) is 5.69 Å². The number of ether oxygens (including phenoxy) is 1. The van der Waals surface area contributed by atoms with Crippen molar-refractivity contribution in [1.29, 1.82) is 0 Å². The summed E-state index contributed by atoms with van der Waals surface area (Å²) in [5.74, 6) is 0.628. The molecule has 0 aliphatic carbocycles. The van der Waals surface area contributed by atoms with Gasteiger partial charge < -0.3 is 10.1 Å². The number of nitrogens with one attached hydrogen (secondary N) is 1. The van der Waals surface area contributed by atoms with E-state index in [1.54, 1.807) is 0 Å². The second-order valence-corrected chi connectivity index (χ2v) is 5.12. The average Bonchev–Trinajstić information content (AvgIpc) is 2.48. The second kappa shape index (κ2) is 6.93. The molecule has 0 heterocycles. The fourth-order valence-corrected chi connectivity index (χ4v) is 2.22. The van der Waals surface area contributed by atoms with E-state index in [4.69, 9.17) is 4.74 Å². The molecule has 0 saturated heterocycles. The predicted molar refractivity (Wildman–Crippen MR) is 85.9 cm³/mol. The van der Waals surface area contributed by atoms with Crippen molar-refractivity contribution in [3.8, 4) is 5.75 Å². The topological polar surface area (TPSA) is 38.3 Å². The summed E-state index contributed by atoms with van der Waals surface area (Å²) in [5.41, 5.74) is 4.17. The van der Waals surface area contributed by atoms with Crippen molar-refractivity contribution in [2.24, 2.45) is 0 Å². The number of rotatable bonds is 5. The third-order valence-corrected chi connectivity index (χ3v) is 3.37. The van der Waals surface area contributed by atoms with Crippen LogP contribution >= 0.6 is 0 Å². The second-order valence-electron chi connectivity index (χ2n) is 5.12. The Balaban J connectivity index is 1.96. The van der Waals surface area contributed by atoms with Crippen LogP contribution in [0, 0.1) is 13.8 Å². The van der Waals surface area contributed by atoms with Gasteiger partial charge in [0.05, 0.1) is 0 Å². The van der Waals surface area contributed by atoms with Gasteiger partial charge >= 0.3 is 0 Å².